The van der Waals surface area contributed by atoms with Crippen molar-refractivity contribution in [2.24, 2.45) is 0 Å². The molecule has 0 aliphatic carbocycles. The van der Waals surface area contributed by atoms with Crippen molar-refractivity contribution < 1.29 is 9.53 Å². The molecule has 0 spiro atoms. The van der Waals surface area contributed by atoms with E-state index in [1.165, 1.54) is 0 Å². The quantitative estimate of drug-likeness (QED) is 0.697. The first-order chi connectivity index (χ1) is 14.3. The number of anilines is 2. The summed E-state index contributed by atoms with van der Waals surface area (Å²) in [5, 5.41) is 3.12. The van der Waals surface area contributed by atoms with Crippen LogP contribution in [0.5, 0.6) is 0 Å². The van der Waals surface area contributed by atoms with E-state index in [0.717, 1.165) is 48.8 Å². The van der Waals surface area contributed by atoms with Crippen LogP contribution in [0.25, 0.3) is 0 Å². The molecule has 2 heterocycles. The van der Waals surface area contributed by atoms with Crippen molar-refractivity contribution in [1.82, 2.24) is 4.98 Å². The molecule has 1 aromatic heterocycles. The molecule has 1 atom stereocenters. The van der Waals surface area contributed by atoms with Gasteiger partial charge in [-0.05, 0) is 41.8 Å². The number of pyridine rings is 1. The molecule has 1 N–H and O–H groups in total. The van der Waals surface area contributed by atoms with Crippen molar-refractivity contribution in [3.8, 4) is 0 Å². The maximum absolute atomic E-state index is 13.2. The Balaban J connectivity index is 1.53. The molecular formula is C24H25N3O2. The fraction of sp³-hybridized carbons (Fsp3) is 0.250. The topological polar surface area (TPSA) is 54.5 Å². The van der Waals surface area contributed by atoms with Gasteiger partial charge in [0.25, 0.3) is 0 Å². The zero-order chi connectivity index (χ0) is 19.9. The summed E-state index contributed by atoms with van der Waals surface area (Å²) in [6, 6.07) is 21.9. The van der Waals surface area contributed by atoms with Crippen LogP contribution in [0.3, 0.4) is 0 Å². The number of carbonyl (C=O) groups is 1. The molecule has 148 valence electrons. The Morgan fingerprint density at radius 2 is 1.86 bits per heavy atom. The highest BCUT2D eigenvalue weighted by Crippen LogP contribution is 2.25. The van der Waals surface area contributed by atoms with E-state index in [9.17, 15) is 4.79 Å². The molecule has 1 saturated heterocycles. The predicted octanol–water partition coefficient (Wildman–Crippen LogP) is 3.88. The Kier molecular flexibility index (Phi) is 6.17. The number of hydrogen-bond acceptors (Lipinski definition) is 4. The average Bonchev–Trinajstić information content (AvgIpc) is 2.79. The molecule has 1 fully saturated rings. The van der Waals surface area contributed by atoms with Crippen LogP contribution >= 0.6 is 0 Å². The lowest BCUT2D eigenvalue weighted by molar-refractivity contribution is -0.117. The molecule has 5 nitrogen and oxygen atoms in total. The van der Waals surface area contributed by atoms with Crippen LogP contribution in [0.15, 0.2) is 79.1 Å². The van der Waals surface area contributed by atoms with Gasteiger partial charge in [0.15, 0.2) is 0 Å². The number of aromatic nitrogens is 1. The lowest BCUT2D eigenvalue weighted by atomic mass is 9.91. The number of ether oxygens (including phenoxy) is 1. The molecule has 0 saturated carbocycles. The van der Waals surface area contributed by atoms with Gasteiger partial charge in [-0.3, -0.25) is 9.78 Å². The number of rotatable bonds is 6. The Morgan fingerprint density at radius 3 is 2.62 bits per heavy atom. The van der Waals surface area contributed by atoms with Gasteiger partial charge in [-0.2, -0.15) is 0 Å². The fourth-order valence-corrected chi connectivity index (χ4v) is 3.63. The number of morpholine rings is 1. The molecule has 1 amide bonds. The van der Waals surface area contributed by atoms with Crippen molar-refractivity contribution in [3.05, 3.63) is 90.3 Å². The van der Waals surface area contributed by atoms with E-state index in [2.05, 4.69) is 21.3 Å². The van der Waals surface area contributed by atoms with Crippen LogP contribution in [0.2, 0.25) is 0 Å². The molecule has 29 heavy (non-hydrogen) atoms. The molecule has 5 heteroatoms. The van der Waals surface area contributed by atoms with Gasteiger partial charge in [0.05, 0.1) is 19.1 Å². The highest BCUT2D eigenvalue weighted by Gasteiger charge is 2.22. The van der Waals surface area contributed by atoms with E-state index in [0.29, 0.717) is 6.42 Å². The maximum atomic E-state index is 13.2. The van der Waals surface area contributed by atoms with Crippen molar-refractivity contribution in [3.63, 3.8) is 0 Å². The van der Waals surface area contributed by atoms with Gasteiger partial charge in [0.2, 0.25) is 5.91 Å². The Bertz CT molecular complexity index is 925. The average molecular weight is 387 g/mol. The third-order valence-electron chi connectivity index (χ3n) is 5.17. The van der Waals surface area contributed by atoms with Crippen LogP contribution < -0.4 is 10.2 Å². The van der Waals surface area contributed by atoms with Crippen molar-refractivity contribution >= 4 is 17.3 Å². The van der Waals surface area contributed by atoms with Crippen molar-refractivity contribution in [1.29, 1.82) is 0 Å². The monoisotopic (exact) mass is 387 g/mol. The van der Waals surface area contributed by atoms with Crippen LogP contribution in [-0.4, -0.2) is 37.2 Å². The second-order valence-corrected chi connectivity index (χ2v) is 7.17. The van der Waals surface area contributed by atoms with Gasteiger partial charge in [-0.1, -0.05) is 42.5 Å². The summed E-state index contributed by atoms with van der Waals surface area (Å²) in [6.07, 6.45) is 4.17. The number of hydrogen-bond donors (Lipinski definition) is 1. The highest BCUT2D eigenvalue weighted by molar-refractivity contribution is 5.96. The van der Waals surface area contributed by atoms with Crippen LogP contribution in [0, 0.1) is 0 Å². The van der Waals surface area contributed by atoms with E-state index in [1.807, 2.05) is 66.9 Å². The van der Waals surface area contributed by atoms with Gasteiger partial charge in [0, 0.05) is 36.9 Å². The lowest BCUT2D eigenvalue weighted by Crippen LogP contribution is -2.36. The smallest absolute Gasteiger partial charge is 0.232 e. The summed E-state index contributed by atoms with van der Waals surface area (Å²) in [4.78, 5) is 19.7. The Labute approximate surface area is 171 Å². The van der Waals surface area contributed by atoms with Gasteiger partial charge in [-0.25, -0.2) is 0 Å². The van der Waals surface area contributed by atoms with E-state index in [-0.39, 0.29) is 11.8 Å². The molecule has 1 aliphatic heterocycles. The largest absolute Gasteiger partial charge is 0.378 e. The van der Waals surface area contributed by atoms with E-state index in [1.54, 1.807) is 6.20 Å². The fourth-order valence-electron chi connectivity index (χ4n) is 3.63. The number of nitrogens with one attached hydrogen (secondary N) is 1. The van der Waals surface area contributed by atoms with Crippen molar-refractivity contribution in [2.75, 3.05) is 36.5 Å². The van der Waals surface area contributed by atoms with Crippen LogP contribution in [0.4, 0.5) is 11.4 Å². The molecule has 4 rings (SSSR count). The molecule has 2 aromatic carbocycles. The normalized spacial score (nSPS) is 15.0. The standard InChI is InChI=1S/C24H25N3O2/c28-24(26-21-9-4-10-22(17-21)27-12-14-29-15-13-27)23(20-7-2-1-3-8-20)16-19-6-5-11-25-18-19/h1-11,17-18,23H,12-16H2,(H,26,28). The summed E-state index contributed by atoms with van der Waals surface area (Å²) in [5.74, 6) is -0.299. The third kappa shape index (κ3) is 5.00. The van der Waals surface area contributed by atoms with Gasteiger partial charge in [-0.15, -0.1) is 0 Å². The van der Waals surface area contributed by atoms with E-state index < -0.39 is 0 Å². The summed E-state index contributed by atoms with van der Waals surface area (Å²) < 4.78 is 5.44. The Morgan fingerprint density at radius 1 is 1.03 bits per heavy atom. The third-order valence-corrected chi connectivity index (χ3v) is 5.17. The minimum Gasteiger partial charge on any atom is -0.378 e. The van der Waals surface area contributed by atoms with Crippen LogP contribution in [0.1, 0.15) is 17.0 Å². The maximum Gasteiger partial charge on any atom is 0.232 e. The molecule has 0 radical (unpaired) electrons. The molecular weight excluding hydrogens is 362 g/mol. The zero-order valence-electron chi connectivity index (χ0n) is 16.3. The lowest BCUT2D eigenvalue weighted by Gasteiger charge is -2.29. The first-order valence-corrected chi connectivity index (χ1v) is 9.97. The summed E-state index contributed by atoms with van der Waals surface area (Å²) in [7, 11) is 0. The minimum absolute atomic E-state index is 0.0146. The highest BCUT2D eigenvalue weighted by atomic mass is 16.5. The minimum atomic E-state index is -0.285. The van der Waals surface area contributed by atoms with E-state index in [4.69, 9.17) is 4.74 Å². The number of carbonyl (C=O) groups excluding carboxylic acids is 1. The van der Waals surface area contributed by atoms with Gasteiger partial charge in [0.1, 0.15) is 0 Å². The van der Waals surface area contributed by atoms with Crippen LogP contribution in [-0.2, 0) is 16.0 Å². The second kappa shape index (κ2) is 9.34. The van der Waals surface area contributed by atoms with Crippen molar-refractivity contribution in [2.45, 2.75) is 12.3 Å². The summed E-state index contributed by atoms with van der Waals surface area (Å²) >= 11 is 0. The molecule has 0 bridgehead atoms. The number of amides is 1. The Hall–Kier alpha value is -3.18. The van der Waals surface area contributed by atoms with E-state index >= 15 is 0 Å². The summed E-state index contributed by atoms with van der Waals surface area (Å²) in [6.45, 7) is 3.20. The molecule has 1 aliphatic rings. The summed E-state index contributed by atoms with van der Waals surface area (Å²) in [5.41, 5.74) is 3.96. The van der Waals surface area contributed by atoms with Gasteiger partial charge >= 0.3 is 0 Å². The first-order valence-electron chi connectivity index (χ1n) is 9.97. The molecule has 3 aromatic rings. The zero-order valence-corrected chi connectivity index (χ0v) is 16.3. The predicted molar refractivity (Wildman–Crippen MR) is 115 cm³/mol. The van der Waals surface area contributed by atoms with Gasteiger partial charge < -0.3 is 15.0 Å². The number of nitrogens with zero attached hydrogens (tertiary/aromatic N) is 2. The molecule has 1 unspecified atom stereocenters. The first kappa shape index (κ1) is 19.2. The second-order valence-electron chi connectivity index (χ2n) is 7.17. The SMILES string of the molecule is O=C(Nc1cccc(N2CCOCC2)c1)C(Cc1cccnc1)c1ccccc1. The number of benzene rings is 2.